The number of rotatable bonds is 1. The molecule has 2 amide bonds. The van der Waals surface area contributed by atoms with Crippen LogP contribution in [0, 0.1) is 0 Å². The summed E-state index contributed by atoms with van der Waals surface area (Å²) in [5.41, 5.74) is 4.74. The highest BCUT2D eigenvalue weighted by Crippen LogP contribution is 2.02. The molecule has 0 aromatic rings. The number of primary amides is 1. The Morgan fingerprint density at radius 3 is 2.58 bits per heavy atom. The van der Waals surface area contributed by atoms with Crippen molar-refractivity contribution < 1.29 is 13.2 Å². The van der Waals surface area contributed by atoms with Gasteiger partial charge in [-0.2, -0.15) is 8.42 Å². The third-order valence-electron chi connectivity index (χ3n) is 0.939. The predicted octanol–water partition coefficient (Wildman–Crippen LogP) is -1.03. The average molecular weight is 188 g/mol. The molecule has 1 aliphatic rings. The zero-order chi connectivity index (χ0) is 9.14. The summed E-state index contributed by atoms with van der Waals surface area (Å²) in [6.45, 7) is 0. The van der Waals surface area contributed by atoms with Crippen LogP contribution in [0.3, 0.4) is 0 Å². The minimum atomic E-state index is -2.44. The largest absolute Gasteiger partial charge is 0.351 e. The fourth-order valence-electron chi connectivity index (χ4n) is 0.547. The Morgan fingerprint density at radius 2 is 2.17 bits per heavy atom. The van der Waals surface area contributed by atoms with Gasteiger partial charge in [-0.05, 0) is 0 Å². The van der Waals surface area contributed by atoms with Crippen molar-refractivity contribution in [2.75, 3.05) is 0 Å². The summed E-state index contributed by atoms with van der Waals surface area (Å²) in [6, 6.07) is -0.821. The van der Waals surface area contributed by atoms with Crippen LogP contribution >= 0.6 is 0 Å². The van der Waals surface area contributed by atoms with E-state index in [1.807, 2.05) is 0 Å². The van der Waals surface area contributed by atoms with Gasteiger partial charge in [0, 0.05) is 6.08 Å². The topological polar surface area (TPSA) is 114 Å². The van der Waals surface area contributed by atoms with Gasteiger partial charge in [-0.25, -0.2) is 4.79 Å². The number of hydrogen-bond acceptors (Lipinski definition) is 4. The number of nitrogens with one attached hydrogen (secondary N) is 1. The Morgan fingerprint density at radius 1 is 1.50 bits per heavy atom. The standard InChI is InChI=1S/C4H4N4O3S/c5-4(9)6-2-1-3(8-7-2)12(10)11/h1H,(H3,5,6,9). The van der Waals surface area contributed by atoms with Crippen LogP contribution < -0.4 is 11.1 Å². The number of carbonyl (C=O) groups excluding carboxylic acids is 1. The van der Waals surface area contributed by atoms with Crippen molar-refractivity contribution in [3.8, 4) is 0 Å². The summed E-state index contributed by atoms with van der Waals surface area (Å²) in [7, 11) is -2.44. The van der Waals surface area contributed by atoms with Crippen molar-refractivity contribution >= 4 is 21.3 Å². The summed E-state index contributed by atoms with van der Waals surface area (Å²) in [5, 5.41) is 8.63. The molecule has 0 radical (unpaired) electrons. The Kier molecular flexibility index (Phi) is 2.19. The van der Waals surface area contributed by atoms with Gasteiger partial charge in [0.05, 0.1) is 0 Å². The highest BCUT2D eigenvalue weighted by molar-refractivity contribution is 7.73. The van der Waals surface area contributed by atoms with Crippen LogP contribution in [-0.4, -0.2) is 19.4 Å². The Labute approximate surface area is 68.5 Å². The molecule has 8 heteroatoms. The summed E-state index contributed by atoms with van der Waals surface area (Å²) in [4.78, 5) is 10.00. The third kappa shape index (κ3) is 1.89. The SMILES string of the molecule is NC(=O)NC1=CC(=S(=O)=O)N=N1. The predicted molar refractivity (Wildman–Crippen MR) is 39.6 cm³/mol. The van der Waals surface area contributed by atoms with E-state index in [0.29, 0.717) is 0 Å². The second-order valence-electron chi connectivity index (χ2n) is 1.79. The van der Waals surface area contributed by atoms with E-state index < -0.39 is 16.3 Å². The molecule has 12 heavy (non-hydrogen) atoms. The first-order chi connectivity index (χ1) is 5.59. The summed E-state index contributed by atoms with van der Waals surface area (Å²) in [5.74, 6) is 0.0155. The Bertz CT molecular complexity index is 396. The highest BCUT2D eigenvalue weighted by Gasteiger charge is 2.08. The lowest BCUT2D eigenvalue weighted by molar-refractivity contribution is 0.251. The van der Waals surface area contributed by atoms with Gasteiger partial charge >= 0.3 is 6.03 Å². The molecule has 0 aliphatic carbocycles. The van der Waals surface area contributed by atoms with Gasteiger partial charge in [0.1, 0.15) is 0 Å². The molecule has 1 aliphatic heterocycles. The van der Waals surface area contributed by atoms with Gasteiger partial charge in [0.25, 0.3) is 0 Å². The van der Waals surface area contributed by atoms with Gasteiger partial charge in [0.15, 0.2) is 5.82 Å². The average Bonchev–Trinajstić information content (AvgIpc) is 2.34. The van der Waals surface area contributed by atoms with Gasteiger partial charge in [-0.15, -0.1) is 10.2 Å². The van der Waals surface area contributed by atoms with Gasteiger partial charge < -0.3 is 5.73 Å². The quantitative estimate of drug-likeness (QED) is 0.512. The first-order valence-electron chi connectivity index (χ1n) is 2.75. The van der Waals surface area contributed by atoms with E-state index in [1.165, 1.54) is 0 Å². The van der Waals surface area contributed by atoms with Gasteiger partial charge in [-0.3, -0.25) is 5.32 Å². The fourth-order valence-corrected chi connectivity index (χ4v) is 0.862. The molecule has 0 fully saturated rings. The number of nitrogens with two attached hydrogens (primary N) is 1. The third-order valence-corrected chi connectivity index (χ3v) is 1.48. The normalized spacial score (nSPS) is 14.3. The number of urea groups is 1. The molecule has 0 saturated heterocycles. The van der Waals surface area contributed by atoms with Crippen molar-refractivity contribution in [2.45, 2.75) is 0 Å². The minimum absolute atomic E-state index is 0.0155. The molecule has 0 unspecified atom stereocenters. The molecule has 3 N–H and O–H groups in total. The summed E-state index contributed by atoms with van der Waals surface area (Å²) in [6.07, 6.45) is 1.09. The molecule has 1 rings (SSSR count). The first-order valence-corrected chi connectivity index (χ1v) is 3.83. The van der Waals surface area contributed by atoms with Crippen LogP contribution in [0.25, 0.3) is 0 Å². The monoisotopic (exact) mass is 188 g/mol. The van der Waals surface area contributed by atoms with Crippen LogP contribution in [0.2, 0.25) is 0 Å². The Balaban J connectivity index is 2.90. The van der Waals surface area contributed by atoms with Crippen molar-refractivity contribution in [2.24, 2.45) is 16.0 Å². The van der Waals surface area contributed by atoms with E-state index in [0.717, 1.165) is 6.08 Å². The van der Waals surface area contributed by atoms with E-state index >= 15 is 0 Å². The molecular weight excluding hydrogens is 184 g/mol. The molecule has 0 bridgehead atoms. The first kappa shape index (κ1) is 8.40. The van der Waals surface area contributed by atoms with Crippen LogP contribution in [-0.2, 0) is 10.3 Å². The number of hydrogen-bond donors (Lipinski definition) is 2. The molecule has 0 aromatic carbocycles. The minimum Gasteiger partial charge on any atom is -0.351 e. The molecule has 1 heterocycles. The van der Waals surface area contributed by atoms with Crippen molar-refractivity contribution in [3.63, 3.8) is 0 Å². The second-order valence-corrected chi connectivity index (χ2v) is 2.68. The van der Waals surface area contributed by atoms with Crippen LogP contribution in [0.5, 0.6) is 0 Å². The molecule has 64 valence electrons. The Hall–Kier alpha value is -1.70. The smallest absolute Gasteiger partial charge is 0.317 e. The van der Waals surface area contributed by atoms with E-state index in [9.17, 15) is 13.2 Å². The number of nitrogens with zero attached hydrogens (tertiary/aromatic N) is 2. The molecule has 7 nitrogen and oxygen atoms in total. The van der Waals surface area contributed by atoms with E-state index in [-0.39, 0.29) is 10.8 Å². The van der Waals surface area contributed by atoms with Gasteiger partial charge in [0.2, 0.25) is 15.3 Å². The molecule has 0 spiro atoms. The molecule has 0 saturated carbocycles. The van der Waals surface area contributed by atoms with Crippen LogP contribution in [0.15, 0.2) is 22.1 Å². The summed E-state index contributed by atoms with van der Waals surface area (Å²) < 4.78 is 20.5. The van der Waals surface area contributed by atoms with E-state index in [4.69, 9.17) is 5.73 Å². The van der Waals surface area contributed by atoms with Crippen molar-refractivity contribution in [1.29, 1.82) is 0 Å². The highest BCUT2D eigenvalue weighted by atomic mass is 32.2. The fraction of sp³-hybridized carbons (Fsp3) is 0. The maximum Gasteiger partial charge on any atom is 0.317 e. The van der Waals surface area contributed by atoms with E-state index in [1.54, 1.807) is 0 Å². The lowest BCUT2D eigenvalue weighted by atomic mass is 10.6. The number of amides is 2. The maximum absolute atomic E-state index is 10.3. The number of azo groups is 1. The van der Waals surface area contributed by atoms with Crippen molar-refractivity contribution in [3.05, 3.63) is 11.9 Å². The lowest BCUT2D eigenvalue weighted by Crippen LogP contribution is -2.27. The molecule has 0 atom stereocenters. The maximum atomic E-state index is 10.3. The van der Waals surface area contributed by atoms with Crippen molar-refractivity contribution in [1.82, 2.24) is 5.32 Å². The zero-order valence-electron chi connectivity index (χ0n) is 5.68. The lowest BCUT2D eigenvalue weighted by Gasteiger charge is -1.92. The number of carbonyl (C=O) groups is 1. The van der Waals surface area contributed by atoms with Crippen LogP contribution in [0.1, 0.15) is 0 Å². The van der Waals surface area contributed by atoms with Crippen LogP contribution in [0.4, 0.5) is 4.79 Å². The molecule has 0 aromatic heterocycles. The zero-order valence-corrected chi connectivity index (χ0v) is 6.50. The molecular formula is C4H4N4O3S. The van der Waals surface area contributed by atoms with Gasteiger partial charge in [-0.1, -0.05) is 0 Å². The summed E-state index contributed by atoms with van der Waals surface area (Å²) >= 11 is 0. The van der Waals surface area contributed by atoms with E-state index in [2.05, 4.69) is 15.5 Å². The second kappa shape index (κ2) is 3.13.